The highest BCUT2D eigenvalue weighted by atomic mass is 14.7. The lowest BCUT2D eigenvalue weighted by atomic mass is 9.96. The fraction of sp³-hybridized carbons (Fsp3) is 0.400. The average molecular weight is 213 g/mol. The summed E-state index contributed by atoms with van der Waals surface area (Å²) in [6, 6.07) is 8.74. The number of aromatic nitrogens is 1. The van der Waals surface area contributed by atoms with Crippen molar-refractivity contribution in [3.63, 3.8) is 0 Å². The van der Waals surface area contributed by atoms with Gasteiger partial charge in [-0.25, -0.2) is 0 Å². The molecule has 0 radical (unpaired) electrons. The molecule has 0 unspecified atom stereocenters. The van der Waals surface area contributed by atoms with Crippen LogP contribution in [0.2, 0.25) is 0 Å². The van der Waals surface area contributed by atoms with Crippen molar-refractivity contribution in [2.75, 3.05) is 0 Å². The number of hydrogen-bond donors (Lipinski definition) is 0. The van der Waals surface area contributed by atoms with E-state index in [9.17, 15) is 0 Å². The molecule has 0 atom stereocenters. The van der Waals surface area contributed by atoms with Crippen LogP contribution in [0, 0.1) is 6.92 Å². The van der Waals surface area contributed by atoms with E-state index >= 15 is 0 Å². The molecular weight excluding hydrogens is 194 g/mol. The highest BCUT2D eigenvalue weighted by molar-refractivity contribution is 5.83. The predicted molar refractivity (Wildman–Crippen MR) is 69.9 cm³/mol. The molecule has 0 N–H and O–H groups in total. The highest BCUT2D eigenvalue weighted by Gasteiger charge is 2.07. The number of aryl methyl sites for hydroxylation is 2. The third-order valence-corrected chi connectivity index (χ3v) is 3.19. The highest BCUT2D eigenvalue weighted by Crippen LogP contribution is 2.26. The van der Waals surface area contributed by atoms with Gasteiger partial charge in [0.1, 0.15) is 0 Å². The number of benzene rings is 1. The van der Waals surface area contributed by atoms with Crippen LogP contribution in [0.25, 0.3) is 10.9 Å². The lowest BCUT2D eigenvalue weighted by Gasteiger charge is -2.12. The fourth-order valence-corrected chi connectivity index (χ4v) is 2.22. The van der Waals surface area contributed by atoms with E-state index in [-0.39, 0.29) is 0 Å². The van der Waals surface area contributed by atoms with Crippen LogP contribution in [0.3, 0.4) is 0 Å². The lowest BCUT2D eigenvalue weighted by molar-refractivity contribution is 0.875. The van der Waals surface area contributed by atoms with Crippen molar-refractivity contribution in [2.24, 2.45) is 0 Å². The molecule has 1 heterocycles. The molecule has 0 spiro atoms. The number of fused-ring (bicyclic) bond motifs is 1. The van der Waals surface area contributed by atoms with Crippen molar-refractivity contribution in [3.8, 4) is 0 Å². The second-order valence-electron chi connectivity index (χ2n) is 4.66. The maximum atomic E-state index is 4.69. The smallest absolute Gasteiger partial charge is 0.0708 e. The van der Waals surface area contributed by atoms with Gasteiger partial charge in [0.25, 0.3) is 0 Å². The van der Waals surface area contributed by atoms with E-state index in [2.05, 4.69) is 56.9 Å². The Hall–Kier alpha value is -1.37. The normalized spacial score (nSPS) is 11.3. The Morgan fingerprint density at radius 3 is 2.62 bits per heavy atom. The molecule has 2 rings (SSSR count). The summed E-state index contributed by atoms with van der Waals surface area (Å²) < 4.78 is 0. The minimum absolute atomic E-state index is 0.554. The topological polar surface area (TPSA) is 12.9 Å². The quantitative estimate of drug-likeness (QED) is 0.727. The first kappa shape index (κ1) is 11.1. The maximum Gasteiger partial charge on any atom is 0.0708 e. The SMILES string of the molecule is CCc1cc2c(C(C)C)cccc2nc1C. The second-order valence-corrected chi connectivity index (χ2v) is 4.66. The number of nitrogens with zero attached hydrogens (tertiary/aromatic N) is 1. The average Bonchev–Trinajstić information content (AvgIpc) is 2.26. The predicted octanol–water partition coefficient (Wildman–Crippen LogP) is 4.23. The molecule has 0 bridgehead atoms. The monoisotopic (exact) mass is 213 g/mol. The Bertz CT molecular complexity index is 512. The van der Waals surface area contributed by atoms with Crippen molar-refractivity contribution in [1.82, 2.24) is 4.98 Å². The summed E-state index contributed by atoms with van der Waals surface area (Å²) in [5, 5.41) is 1.32. The molecular formula is C15H19N. The minimum Gasteiger partial charge on any atom is -0.253 e. The molecule has 1 nitrogen and oxygen atoms in total. The third kappa shape index (κ3) is 1.82. The van der Waals surface area contributed by atoms with Crippen molar-refractivity contribution in [1.29, 1.82) is 0 Å². The Kier molecular flexibility index (Phi) is 2.95. The van der Waals surface area contributed by atoms with Crippen molar-refractivity contribution in [2.45, 2.75) is 40.0 Å². The van der Waals surface area contributed by atoms with Crippen LogP contribution in [-0.4, -0.2) is 4.98 Å². The van der Waals surface area contributed by atoms with Crippen LogP contribution in [0.1, 0.15) is 43.5 Å². The van der Waals surface area contributed by atoms with Gasteiger partial charge in [-0.2, -0.15) is 0 Å². The van der Waals surface area contributed by atoms with Gasteiger partial charge in [0.15, 0.2) is 0 Å². The molecule has 0 aliphatic carbocycles. The summed E-state index contributed by atoms with van der Waals surface area (Å²) in [5.41, 5.74) is 5.05. The number of hydrogen-bond acceptors (Lipinski definition) is 1. The first-order valence-electron chi connectivity index (χ1n) is 6.02. The molecule has 0 saturated carbocycles. The van der Waals surface area contributed by atoms with Crippen LogP contribution >= 0.6 is 0 Å². The van der Waals surface area contributed by atoms with Crippen LogP contribution < -0.4 is 0 Å². The van der Waals surface area contributed by atoms with Gasteiger partial charge >= 0.3 is 0 Å². The summed E-state index contributed by atoms with van der Waals surface area (Å²) in [7, 11) is 0. The molecule has 1 aromatic carbocycles. The molecule has 0 aliphatic rings. The van der Waals surface area contributed by atoms with Gasteiger partial charge in [-0.3, -0.25) is 4.98 Å². The van der Waals surface area contributed by atoms with Crippen LogP contribution in [0.5, 0.6) is 0 Å². The van der Waals surface area contributed by atoms with Crippen molar-refractivity contribution < 1.29 is 0 Å². The Labute approximate surface area is 97.5 Å². The van der Waals surface area contributed by atoms with E-state index in [4.69, 9.17) is 0 Å². The maximum absolute atomic E-state index is 4.69. The van der Waals surface area contributed by atoms with E-state index in [1.54, 1.807) is 0 Å². The molecule has 0 saturated heterocycles. The third-order valence-electron chi connectivity index (χ3n) is 3.19. The standard InChI is InChI=1S/C15H19N/c1-5-12-9-14-13(10(2)3)7-6-8-15(14)16-11(12)4/h6-10H,5H2,1-4H3. The zero-order chi connectivity index (χ0) is 11.7. The minimum atomic E-state index is 0.554. The summed E-state index contributed by atoms with van der Waals surface area (Å²) >= 11 is 0. The molecule has 0 amide bonds. The summed E-state index contributed by atoms with van der Waals surface area (Å²) in [6.45, 7) is 8.76. The van der Waals surface area contributed by atoms with Gasteiger partial charge in [0.2, 0.25) is 0 Å². The van der Waals surface area contributed by atoms with E-state index in [0.717, 1.165) is 17.6 Å². The van der Waals surface area contributed by atoms with Crippen LogP contribution in [0.4, 0.5) is 0 Å². The first-order valence-corrected chi connectivity index (χ1v) is 6.02. The summed E-state index contributed by atoms with van der Waals surface area (Å²) in [6.07, 6.45) is 1.06. The Morgan fingerprint density at radius 1 is 1.25 bits per heavy atom. The number of rotatable bonds is 2. The van der Waals surface area contributed by atoms with Gasteiger partial charge in [0.05, 0.1) is 5.52 Å². The van der Waals surface area contributed by atoms with Crippen molar-refractivity contribution >= 4 is 10.9 Å². The van der Waals surface area contributed by atoms with E-state index < -0.39 is 0 Å². The van der Waals surface area contributed by atoms with Crippen LogP contribution in [0.15, 0.2) is 24.3 Å². The molecule has 2 aromatic rings. The van der Waals surface area contributed by atoms with E-state index in [0.29, 0.717) is 5.92 Å². The van der Waals surface area contributed by atoms with Crippen molar-refractivity contribution in [3.05, 3.63) is 41.1 Å². The lowest BCUT2D eigenvalue weighted by Crippen LogP contribution is -1.96. The zero-order valence-corrected chi connectivity index (χ0v) is 10.5. The number of pyridine rings is 1. The molecule has 0 aliphatic heterocycles. The summed E-state index contributed by atoms with van der Waals surface area (Å²) in [5.74, 6) is 0.554. The van der Waals surface area contributed by atoms with Gasteiger partial charge in [-0.1, -0.05) is 32.9 Å². The summed E-state index contributed by atoms with van der Waals surface area (Å²) in [4.78, 5) is 4.69. The molecule has 16 heavy (non-hydrogen) atoms. The first-order chi connectivity index (χ1) is 7.63. The second kappa shape index (κ2) is 4.25. The molecule has 84 valence electrons. The van der Waals surface area contributed by atoms with Gasteiger partial charge in [-0.05, 0) is 42.5 Å². The molecule has 1 aromatic heterocycles. The van der Waals surface area contributed by atoms with Gasteiger partial charge in [-0.15, -0.1) is 0 Å². The van der Waals surface area contributed by atoms with Gasteiger partial charge in [0, 0.05) is 11.1 Å². The van der Waals surface area contributed by atoms with Crippen LogP contribution in [-0.2, 0) is 6.42 Å². The molecule has 0 fully saturated rings. The zero-order valence-electron chi connectivity index (χ0n) is 10.5. The largest absolute Gasteiger partial charge is 0.253 e. The van der Waals surface area contributed by atoms with Gasteiger partial charge < -0.3 is 0 Å². The fourth-order valence-electron chi connectivity index (χ4n) is 2.22. The Morgan fingerprint density at radius 2 is 2.00 bits per heavy atom. The van der Waals surface area contributed by atoms with E-state index in [1.807, 2.05) is 0 Å². The van der Waals surface area contributed by atoms with E-state index in [1.165, 1.54) is 16.5 Å². The Balaban J connectivity index is 2.76. The molecule has 1 heteroatoms.